The monoisotopic (exact) mass is 450 g/mol. The molecule has 2 aromatic rings. The molecule has 33 heavy (non-hydrogen) atoms. The van der Waals surface area contributed by atoms with Gasteiger partial charge in [0.25, 0.3) is 0 Å². The van der Waals surface area contributed by atoms with Crippen LogP contribution in [-0.4, -0.2) is 41.8 Å². The van der Waals surface area contributed by atoms with Crippen LogP contribution in [0.4, 0.5) is 4.79 Å². The molecule has 1 fully saturated rings. The van der Waals surface area contributed by atoms with Gasteiger partial charge in [-0.25, -0.2) is 4.79 Å². The molecule has 3 N–H and O–H groups in total. The van der Waals surface area contributed by atoms with E-state index < -0.39 is 24.0 Å². The molecular weight excluding hydrogens is 420 g/mol. The number of alkyl carbamates (subject to hydrolysis) is 1. The minimum atomic E-state index is -0.830. The largest absolute Gasteiger partial charge is 0.481 e. The number of carbonyl (C=O) groups is 3. The number of ether oxygens (including phenoxy) is 1. The first-order valence-corrected chi connectivity index (χ1v) is 11.5. The number of hydrogen-bond donors (Lipinski definition) is 3. The van der Waals surface area contributed by atoms with Gasteiger partial charge in [-0.2, -0.15) is 0 Å². The smallest absolute Gasteiger partial charge is 0.407 e. The number of aliphatic carboxylic acids is 1. The quantitative estimate of drug-likeness (QED) is 0.593. The average Bonchev–Trinajstić information content (AvgIpc) is 3.39. The van der Waals surface area contributed by atoms with Crippen molar-refractivity contribution < 1.29 is 24.2 Å². The Balaban J connectivity index is 1.36. The molecule has 0 unspecified atom stereocenters. The van der Waals surface area contributed by atoms with Crippen LogP contribution in [0.15, 0.2) is 48.5 Å². The predicted molar refractivity (Wildman–Crippen MR) is 124 cm³/mol. The second kappa shape index (κ2) is 9.65. The van der Waals surface area contributed by atoms with Crippen LogP contribution < -0.4 is 10.6 Å². The van der Waals surface area contributed by atoms with Crippen LogP contribution in [0.5, 0.6) is 0 Å². The number of rotatable bonds is 7. The van der Waals surface area contributed by atoms with Crippen molar-refractivity contribution in [1.29, 1.82) is 0 Å². The summed E-state index contributed by atoms with van der Waals surface area (Å²) in [5.41, 5.74) is 4.55. The fourth-order valence-corrected chi connectivity index (χ4v) is 4.93. The van der Waals surface area contributed by atoms with E-state index in [0.29, 0.717) is 19.3 Å². The lowest BCUT2D eigenvalue weighted by Gasteiger charge is -2.24. The standard InChI is InChI=1S/C26H30N2O5/c1-15(2)23(24(29)27-17-12-11-16(13-17)25(30)31)28-26(32)33-14-22-20-9-5-3-7-18(20)19-8-4-6-10-21(19)22/h3-10,15-17,22-23H,11-14H2,1-2H3,(H,27,29)(H,28,32)(H,30,31)/t16-,17+,23+/m0/s1. The Morgan fingerprint density at radius 2 is 1.61 bits per heavy atom. The third-order valence-corrected chi connectivity index (χ3v) is 6.69. The summed E-state index contributed by atoms with van der Waals surface area (Å²) in [6.45, 7) is 3.88. The molecule has 7 nitrogen and oxygen atoms in total. The highest BCUT2D eigenvalue weighted by atomic mass is 16.5. The van der Waals surface area contributed by atoms with Gasteiger partial charge in [0.1, 0.15) is 12.6 Å². The Kier molecular flexibility index (Phi) is 6.67. The van der Waals surface area contributed by atoms with Gasteiger partial charge in [0.15, 0.2) is 0 Å². The van der Waals surface area contributed by atoms with Crippen molar-refractivity contribution in [2.75, 3.05) is 6.61 Å². The summed E-state index contributed by atoms with van der Waals surface area (Å²) >= 11 is 0. The Morgan fingerprint density at radius 1 is 1.00 bits per heavy atom. The van der Waals surface area contributed by atoms with E-state index in [1.54, 1.807) is 0 Å². The number of carboxylic acids is 1. The highest BCUT2D eigenvalue weighted by Gasteiger charge is 2.34. The van der Waals surface area contributed by atoms with Gasteiger partial charge in [-0.3, -0.25) is 9.59 Å². The van der Waals surface area contributed by atoms with Crippen LogP contribution >= 0.6 is 0 Å². The third kappa shape index (κ3) is 4.87. The molecule has 174 valence electrons. The van der Waals surface area contributed by atoms with Gasteiger partial charge in [0.05, 0.1) is 5.92 Å². The van der Waals surface area contributed by atoms with Gasteiger partial charge in [-0.15, -0.1) is 0 Å². The number of carboxylic acid groups (broad SMARTS) is 1. The maximum atomic E-state index is 12.8. The molecule has 0 radical (unpaired) electrons. The number of nitrogens with one attached hydrogen (secondary N) is 2. The maximum Gasteiger partial charge on any atom is 0.407 e. The van der Waals surface area contributed by atoms with Crippen LogP contribution in [0.1, 0.15) is 50.2 Å². The van der Waals surface area contributed by atoms with E-state index in [-0.39, 0.29) is 30.4 Å². The molecular formula is C26H30N2O5. The molecule has 2 amide bonds. The van der Waals surface area contributed by atoms with Crippen molar-refractivity contribution in [2.45, 2.75) is 51.1 Å². The Morgan fingerprint density at radius 3 is 2.15 bits per heavy atom. The molecule has 0 saturated heterocycles. The molecule has 0 bridgehead atoms. The zero-order chi connectivity index (χ0) is 23.5. The summed E-state index contributed by atoms with van der Waals surface area (Å²) in [5.74, 6) is -1.77. The third-order valence-electron chi connectivity index (χ3n) is 6.69. The van der Waals surface area contributed by atoms with E-state index in [1.165, 1.54) is 0 Å². The SMILES string of the molecule is CC(C)[C@@H](NC(=O)OCC1c2ccccc2-c2ccccc21)C(=O)N[C@@H]1CC[C@H](C(=O)O)C1. The van der Waals surface area contributed by atoms with Crippen molar-refractivity contribution in [3.05, 3.63) is 59.7 Å². The van der Waals surface area contributed by atoms with Crippen LogP contribution in [-0.2, 0) is 14.3 Å². The Labute approximate surface area is 193 Å². The number of benzene rings is 2. The molecule has 2 aromatic carbocycles. The first-order valence-electron chi connectivity index (χ1n) is 11.5. The van der Waals surface area contributed by atoms with E-state index in [0.717, 1.165) is 22.3 Å². The Hall–Kier alpha value is -3.35. The molecule has 0 aliphatic heterocycles. The first-order chi connectivity index (χ1) is 15.8. The molecule has 7 heteroatoms. The van der Waals surface area contributed by atoms with E-state index in [2.05, 4.69) is 34.9 Å². The molecule has 0 heterocycles. The lowest BCUT2D eigenvalue weighted by Crippen LogP contribution is -2.52. The van der Waals surface area contributed by atoms with Crippen molar-refractivity contribution >= 4 is 18.0 Å². The normalized spacial score (nSPS) is 20.1. The van der Waals surface area contributed by atoms with Crippen molar-refractivity contribution in [1.82, 2.24) is 10.6 Å². The minimum absolute atomic E-state index is 0.0547. The van der Waals surface area contributed by atoms with Gasteiger partial charge in [-0.05, 0) is 47.4 Å². The van der Waals surface area contributed by atoms with Gasteiger partial charge in [-0.1, -0.05) is 62.4 Å². The zero-order valence-corrected chi connectivity index (χ0v) is 18.9. The average molecular weight is 451 g/mol. The van der Waals surface area contributed by atoms with Crippen molar-refractivity contribution in [2.24, 2.45) is 11.8 Å². The highest BCUT2D eigenvalue weighted by molar-refractivity contribution is 5.86. The van der Waals surface area contributed by atoms with E-state index in [4.69, 9.17) is 9.84 Å². The molecule has 4 rings (SSSR count). The molecule has 2 aliphatic rings. The summed E-state index contributed by atoms with van der Waals surface area (Å²) in [5, 5.41) is 14.8. The first kappa shape index (κ1) is 22.8. The van der Waals surface area contributed by atoms with Crippen LogP contribution in [0.25, 0.3) is 11.1 Å². The topological polar surface area (TPSA) is 105 Å². The fourth-order valence-electron chi connectivity index (χ4n) is 4.93. The lowest BCUT2D eigenvalue weighted by molar-refractivity contribution is -0.141. The van der Waals surface area contributed by atoms with Crippen molar-refractivity contribution in [3.63, 3.8) is 0 Å². The second-order valence-corrected chi connectivity index (χ2v) is 9.25. The van der Waals surface area contributed by atoms with Crippen LogP contribution in [0.3, 0.4) is 0 Å². The summed E-state index contributed by atoms with van der Waals surface area (Å²) in [4.78, 5) is 36.6. The minimum Gasteiger partial charge on any atom is -0.481 e. The van der Waals surface area contributed by atoms with Gasteiger partial charge in [0.2, 0.25) is 5.91 Å². The number of carbonyl (C=O) groups excluding carboxylic acids is 2. The molecule has 0 spiro atoms. The molecule has 3 atom stereocenters. The molecule has 0 aromatic heterocycles. The summed E-state index contributed by atoms with van der Waals surface area (Å²) < 4.78 is 5.58. The summed E-state index contributed by atoms with van der Waals surface area (Å²) in [6.07, 6.45) is 0.947. The maximum absolute atomic E-state index is 12.8. The lowest BCUT2D eigenvalue weighted by atomic mass is 9.98. The van der Waals surface area contributed by atoms with E-state index in [9.17, 15) is 14.4 Å². The van der Waals surface area contributed by atoms with Gasteiger partial charge >= 0.3 is 12.1 Å². The summed E-state index contributed by atoms with van der Waals surface area (Å²) in [7, 11) is 0. The van der Waals surface area contributed by atoms with Crippen molar-refractivity contribution in [3.8, 4) is 11.1 Å². The molecule has 2 aliphatic carbocycles. The second-order valence-electron chi connectivity index (χ2n) is 9.25. The number of hydrogen-bond acceptors (Lipinski definition) is 4. The highest BCUT2D eigenvalue weighted by Crippen LogP contribution is 2.44. The van der Waals surface area contributed by atoms with Gasteiger partial charge in [0, 0.05) is 12.0 Å². The van der Waals surface area contributed by atoms with Gasteiger partial charge < -0.3 is 20.5 Å². The summed E-state index contributed by atoms with van der Waals surface area (Å²) in [6, 6.07) is 15.3. The van der Waals surface area contributed by atoms with E-state index >= 15 is 0 Å². The zero-order valence-electron chi connectivity index (χ0n) is 18.9. The number of fused-ring (bicyclic) bond motifs is 3. The van der Waals surface area contributed by atoms with Crippen LogP contribution in [0.2, 0.25) is 0 Å². The molecule has 1 saturated carbocycles. The van der Waals surface area contributed by atoms with Crippen LogP contribution in [0, 0.1) is 11.8 Å². The predicted octanol–water partition coefficient (Wildman–Crippen LogP) is 3.92. The van der Waals surface area contributed by atoms with E-state index in [1.807, 2.05) is 38.1 Å². The fraction of sp³-hybridized carbons (Fsp3) is 0.423. The Bertz CT molecular complexity index is 1000. The number of amides is 2.